The Morgan fingerprint density at radius 2 is 2.17 bits per heavy atom. The first kappa shape index (κ1) is 13.7. The van der Waals surface area contributed by atoms with Crippen molar-refractivity contribution in [3.8, 4) is 0 Å². The van der Waals surface area contributed by atoms with Gasteiger partial charge in [0.25, 0.3) is 0 Å². The topological polar surface area (TPSA) is 59.1 Å². The van der Waals surface area contributed by atoms with Crippen molar-refractivity contribution in [2.24, 2.45) is 5.73 Å². The molecule has 0 aliphatic heterocycles. The first-order chi connectivity index (χ1) is 8.63. The molecule has 0 saturated heterocycles. The van der Waals surface area contributed by atoms with Gasteiger partial charge >= 0.3 is 0 Å². The molecule has 0 radical (unpaired) electrons. The Balaban J connectivity index is 2.32. The normalized spacial score (nSPS) is 14.4. The minimum absolute atomic E-state index is 0.151. The van der Waals surface area contributed by atoms with E-state index in [1.165, 1.54) is 11.3 Å². The van der Waals surface area contributed by atoms with Crippen LogP contribution in [0.3, 0.4) is 0 Å². The number of hydrogen-bond donors (Lipinski definition) is 2. The van der Waals surface area contributed by atoms with Crippen molar-refractivity contribution in [1.29, 1.82) is 0 Å². The van der Waals surface area contributed by atoms with E-state index in [9.17, 15) is 5.11 Å². The van der Waals surface area contributed by atoms with Gasteiger partial charge in [-0.2, -0.15) is 0 Å². The van der Waals surface area contributed by atoms with E-state index in [4.69, 9.17) is 5.73 Å². The predicted molar refractivity (Wildman–Crippen MR) is 77.7 cm³/mol. The Bertz CT molecular complexity index is 529. The molecule has 5 heteroatoms. The zero-order chi connectivity index (χ0) is 13.1. The zero-order valence-corrected chi connectivity index (χ0v) is 12.4. The van der Waals surface area contributed by atoms with Gasteiger partial charge in [0.15, 0.2) is 0 Å². The molecule has 2 rings (SSSR count). The maximum atomic E-state index is 10.4. The van der Waals surface area contributed by atoms with Gasteiger partial charge in [-0.15, -0.1) is 11.3 Å². The Morgan fingerprint density at radius 1 is 1.44 bits per heavy atom. The number of thiazole rings is 1. The first-order valence-electron chi connectivity index (χ1n) is 5.68. The smallest absolute Gasteiger partial charge is 0.105 e. The molecule has 0 bridgehead atoms. The van der Waals surface area contributed by atoms with Crippen LogP contribution in [0.5, 0.6) is 0 Å². The van der Waals surface area contributed by atoms with Crippen LogP contribution in [0.15, 0.2) is 34.1 Å². The number of aryl methyl sites for hydroxylation is 1. The summed E-state index contributed by atoms with van der Waals surface area (Å²) in [5.74, 6) is -0.151. The second-order valence-electron chi connectivity index (χ2n) is 4.10. The van der Waals surface area contributed by atoms with E-state index in [0.29, 0.717) is 12.2 Å². The fraction of sp³-hybridized carbons (Fsp3) is 0.308. The molecule has 0 aliphatic rings. The van der Waals surface area contributed by atoms with Crippen molar-refractivity contribution in [2.45, 2.75) is 18.9 Å². The minimum atomic E-state index is -0.668. The summed E-state index contributed by atoms with van der Waals surface area (Å²) in [6.07, 6.45) is -0.668. The number of aliphatic hydroxyl groups is 1. The van der Waals surface area contributed by atoms with Crippen molar-refractivity contribution in [3.05, 3.63) is 50.4 Å². The van der Waals surface area contributed by atoms with Gasteiger partial charge in [-0.05, 0) is 18.6 Å². The van der Waals surface area contributed by atoms with Crippen molar-refractivity contribution in [2.75, 3.05) is 6.54 Å². The molecule has 3 nitrogen and oxygen atoms in total. The van der Waals surface area contributed by atoms with Gasteiger partial charge in [0.2, 0.25) is 0 Å². The zero-order valence-electron chi connectivity index (χ0n) is 10.0. The minimum Gasteiger partial charge on any atom is -0.386 e. The van der Waals surface area contributed by atoms with Crippen molar-refractivity contribution in [3.63, 3.8) is 0 Å². The molecule has 2 atom stereocenters. The van der Waals surface area contributed by atoms with Gasteiger partial charge in [0.05, 0.1) is 10.7 Å². The lowest BCUT2D eigenvalue weighted by Gasteiger charge is -2.21. The molecule has 1 aromatic heterocycles. The molecule has 2 aromatic rings. The van der Waals surface area contributed by atoms with Gasteiger partial charge in [0.1, 0.15) is 6.10 Å². The van der Waals surface area contributed by atoms with E-state index in [-0.39, 0.29) is 5.92 Å². The van der Waals surface area contributed by atoms with Crippen molar-refractivity contribution < 1.29 is 5.11 Å². The highest BCUT2D eigenvalue weighted by Gasteiger charge is 2.24. The van der Waals surface area contributed by atoms with Crippen LogP contribution in [0.2, 0.25) is 0 Å². The Kier molecular flexibility index (Phi) is 4.50. The van der Waals surface area contributed by atoms with Gasteiger partial charge in [-0.25, -0.2) is 4.98 Å². The molecule has 0 amide bonds. The third-order valence-corrected chi connectivity index (χ3v) is 4.39. The van der Waals surface area contributed by atoms with Crippen LogP contribution >= 0.6 is 27.3 Å². The highest BCUT2D eigenvalue weighted by Crippen LogP contribution is 2.34. The number of benzene rings is 1. The summed E-state index contributed by atoms with van der Waals surface area (Å²) in [5, 5.41) is 13.3. The maximum absolute atomic E-state index is 10.4. The van der Waals surface area contributed by atoms with Crippen LogP contribution in [0.1, 0.15) is 28.3 Å². The average molecular weight is 327 g/mol. The van der Waals surface area contributed by atoms with Gasteiger partial charge in [-0.1, -0.05) is 34.1 Å². The quantitative estimate of drug-likeness (QED) is 0.908. The Hall–Kier alpha value is -0.750. The van der Waals surface area contributed by atoms with Crippen LogP contribution in [0.4, 0.5) is 0 Å². The number of nitrogens with zero attached hydrogens (tertiary/aromatic N) is 1. The summed E-state index contributed by atoms with van der Waals surface area (Å²) < 4.78 is 0.964. The number of hydrogen-bond acceptors (Lipinski definition) is 4. The Labute approximate surface area is 119 Å². The third kappa shape index (κ3) is 2.80. The number of rotatable bonds is 4. The SMILES string of the molecule is Cc1nc(C(O)C(CN)c2ccccc2Br)cs1. The van der Waals surface area contributed by atoms with E-state index < -0.39 is 6.10 Å². The molecular weight excluding hydrogens is 312 g/mol. The van der Waals surface area contributed by atoms with E-state index in [1.54, 1.807) is 0 Å². The number of aromatic nitrogens is 1. The molecule has 96 valence electrons. The molecule has 0 spiro atoms. The van der Waals surface area contributed by atoms with Crippen molar-refractivity contribution >= 4 is 27.3 Å². The molecular formula is C13H15BrN2OS. The van der Waals surface area contributed by atoms with Gasteiger partial charge in [-0.3, -0.25) is 0 Å². The summed E-state index contributed by atoms with van der Waals surface area (Å²) in [4.78, 5) is 4.33. The van der Waals surface area contributed by atoms with Crippen LogP contribution in [0.25, 0.3) is 0 Å². The molecule has 0 fully saturated rings. The predicted octanol–water partition coefficient (Wildman–Crippen LogP) is 2.99. The van der Waals surface area contributed by atoms with Crippen molar-refractivity contribution in [1.82, 2.24) is 4.98 Å². The first-order valence-corrected chi connectivity index (χ1v) is 7.35. The van der Waals surface area contributed by atoms with Crippen LogP contribution < -0.4 is 5.73 Å². The summed E-state index contributed by atoms with van der Waals surface area (Å²) in [6.45, 7) is 2.30. The molecule has 2 unspecified atom stereocenters. The van der Waals surface area contributed by atoms with E-state index in [2.05, 4.69) is 20.9 Å². The molecule has 18 heavy (non-hydrogen) atoms. The number of aliphatic hydroxyl groups excluding tert-OH is 1. The molecule has 1 heterocycles. The van der Waals surface area contributed by atoms with E-state index >= 15 is 0 Å². The summed E-state index contributed by atoms with van der Waals surface area (Å²) in [6, 6.07) is 7.82. The molecule has 0 saturated carbocycles. The summed E-state index contributed by atoms with van der Waals surface area (Å²) >= 11 is 5.04. The average Bonchev–Trinajstić information content (AvgIpc) is 2.79. The Morgan fingerprint density at radius 3 is 2.72 bits per heavy atom. The van der Waals surface area contributed by atoms with Crippen LogP contribution in [-0.2, 0) is 0 Å². The van der Waals surface area contributed by atoms with Crippen LogP contribution in [0, 0.1) is 6.92 Å². The largest absolute Gasteiger partial charge is 0.386 e. The van der Waals surface area contributed by atoms with Gasteiger partial charge < -0.3 is 10.8 Å². The molecule has 3 N–H and O–H groups in total. The highest BCUT2D eigenvalue weighted by molar-refractivity contribution is 9.10. The standard InChI is InChI=1S/C13H15BrN2OS/c1-8-16-12(7-18-8)13(17)10(6-15)9-4-2-3-5-11(9)14/h2-5,7,10,13,17H,6,15H2,1H3. The fourth-order valence-corrected chi connectivity index (χ4v) is 3.14. The summed E-state index contributed by atoms with van der Waals surface area (Å²) in [5.41, 5.74) is 7.52. The molecule has 0 aliphatic carbocycles. The lowest BCUT2D eigenvalue weighted by atomic mass is 9.92. The lowest BCUT2D eigenvalue weighted by molar-refractivity contribution is 0.143. The maximum Gasteiger partial charge on any atom is 0.105 e. The second-order valence-corrected chi connectivity index (χ2v) is 6.02. The third-order valence-electron chi connectivity index (χ3n) is 2.88. The lowest BCUT2D eigenvalue weighted by Crippen LogP contribution is -2.20. The van der Waals surface area contributed by atoms with Crippen LogP contribution in [-0.4, -0.2) is 16.6 Å². The number of halogens is 1. The van der Waals surface area contributed by atoms with E-state index in [0.717, 1.165) is 15.0 Å². The molecule has 1 aromatic carbocycles. The highest BCUT2D eigenvalue weighted by atomic mass is 79.9. The monoisotopic (exact) mass is 326 g/mol. The fourth-order valence-electron chi connectivity index (χ4n) is 1.92. The van der Waals surface area contributed by atoms with E-state index in [1.807, 2.05) is 36.6 Å². The number of nitrogens with two attached hydrogens (primary N) is 1. The second kappa shape index (κ2) is 5.93. The summed E-state index contributed by atoms with van der Waals surface area (Å²) in [7, 11) is 0. The van der Waals surface area contributed by atoms with Gasteiger partial charge in [0, 0.05) is 22.3 Å².